The van der Waals surface area contributed by atoms with Crippen LogP contribution in [0.15, 0.2) is 12.1 Å². The van der Waals surface area contributed by atoms with Crippen LogP contribution in [0.4, 0.5) is 0 Å². The van der Waals surface area contributed by atoms with E-state index < -0.39 is 0 Å². The number of rotatable bonds is 2. The van der Waals surface area contributed by atoms with E-state index in [1.54, 1.807) is 0 Å². The Bertz CT molecular complexity index is 285. The van der Waals surface area contributed by atoms with Gasteiger partial charge < -0.3 is 4.74 Å². The molecule has 15 heavy (non-hydrogen) atoms. The molecule has 1 saturated carbocycles. The molecular weight excluding hydrogens is 186 g/mol. The summed E-state index contributed by atoms with van der Waals surface area (Å²) in [5.74, 6) is 0.981. The van der Waals surface area contributed by atoms with E-state index in [1.807, 2.05) is 39.8 Å². The third-order valence-corrected chi connectivity index (χ3v) is 2.41. The maximum absolute atomic E-state index is 5.77. The zero-order valence-electron chi connectivity index (χ0n) is 10.2. The summed E-state index contributed by atoms with van der Waals surface area (Å²) in [6.07, 6.45) is 4.19. The zero-order chi connectivity index (χ0) is 11.3. The molecule has 0 amide bonds. The lowest BCUT2D eigenvalue weighted by molar-refractivity contribution is 0.120. The van der Waals surface area contributed by atoms with Crippen molar-refractivity contribution in [3.8, 4) is 5.75 Å². The second-order valence-electron chi connectivity index (χ2n) is 3.76. The van der Waals surface area contributed by atoms with Crippen LogP contribution in [0, 0.1) is 13.8 Å². The third kappa shape index (κ3) is 3.54. The van der Waals surface area contributed by atoms with Crippen molar-refractivity contribution in [2.24, 2.45) is 0 Å². The summed E-state index contributed by atoms with van der Waals surface area (Å²) in [6.45, 7) is 8.00. The number of aromatic nitrogens is 1. The minimum absolute atomic E-state index is 0.459. The Balaban J connectivity index is 0.000000531. The molecule has 1 heterocycles. The fourth-order valence-electron chi connectivity index (χ4n) is 1.55. The van der Waals surface area contributed by atoms with Gasteiger partial charge in [-0.3, -0.25) is 4.98 Å². The van der Waals surface area contributed by atoms with E-state index in [-0.39, 0.29) is 0 Å². The Morgan fingerprint density at radius 3 is 2.07 bits per heavy atom. The first kappa shape index (κ1) is 12.0. The molecular formula is C13H21NO. The molecule has 1 fully saturated rings. The van der Waals surface area contributed by atoms with Crippen LogP contribution in [0.3, 0.4) is 0 Å². The molecule has 0 unspecified atom stereocenters. The van der Waals surface area contributed by atoms with Crippen molar-refractivity contribution in [2.75, 3.05) is 0 Å². The molecule has 84 valence electrons. The van der Waals surface area contributed by atoms with Crippen LogP contribution < -0.4 is 4.74 Å². The second kappa shape index (κ2) is 5.74. The van der Waals surface area contributed by atoms with Crippen LogP contribution in [0.5, 0.6) is 5.75 Å². The van der Waals surface area contributed by atoms with Crippen LogP contribution in [-0.2, 0) is 0 Å². The monoisotopic (exact) mass is 207 g/mol. The highest BCUT2D eigenvalue weighted by molar-refractivity contribution is 5.26. The summed E-state index contributed by atoms with van der Waals surface area (Å²) in [6, 6.07) is 4.01. The van der Waals surface area contributed by atoms with Crippen molar-refractivity contribution in [3.63, 3.8) is 0 Å². The molecule has 0 bridgehead atoms. The molecule has 0 radical (unpaired) electrons. The molecule has 1 aromatic rings. The topological polar surface area (TPSA) is 22.1 Å². The van der Waals surface area contributed by atoms with Crippen molar-refractivity contribution in [2.45, 2.75) is 53.1 Å². The Morgan fingerprint density at radius 1 is 1.13 bits per heavy atom. The number of hydrogen-bond acceptors (Lipinski definition) is 2. The number of ether oxygens (including phenoxy) is 1. The van der Waals surface area contributed by atoms with Crippen molar-refractivity contribution in [1.82, 2.24) is 4.98 Å². The van der Waals surface area contributed by atoms with Crippen molar-refractivity contribution >= 4 is 0 Å². The highest BCUT2D eigenvalue weighted by Crippen LogP contribution is 2.25. The first-order valence-corrected chi connectivity index (χ1v) is 5.86. The third-order valence-electron chi connectivity index (χ3n) is 2.41. The number of aryl methyl sites for hydroxylation is 2. The van der Waals surface area contributed by atoms with Crippen LogP contribution >= 0.6 is 0 Å². The number of pyridine rings is 1. The van der Waals surface area contributed by atoms with Gasteiger partial charge in [0.2, 0.25) is 0 Å². The lowest BCUT2D eigenvalue weighted by Gasteiger charge is -2.26. The summed E-state index contributed by atoms with van der Waals surface area (Å²) in [4.78, 5) is 4.31. The lowest BCUT2D eigenvalue weighted by atomic mass is 9.96. The van der Waals surface area contributed by atoms with Crippen LogP contribution in [0.1, 0.15) is 44.5 Å². The normalized spacial score (nSPS) is 14.9. The fraction of sp³-hybridized carbons (Fsp3) is 0.615. The fourth-order valence-corrected chi connectivity index (χ4v) is 1.55. The Labute approximate surface area is 92.7 Å². The molecule has 1 aromatic heterocycles. The van der Waals surface area contributed by atoms with Gasteiger partial charge in [-0.25, -0.2) is 0 Å². The lowest BCUT2D eigenvalue weighted by Crippen LogP contribution is -2.24. The molecule has 0 spiro atoms. The molecule has 0 aromatic carbocycles. The SMILES string of the molecule is CC.Cc1cc(OC2CCC2)cc(C)n1. The maximum Gasteiger partial charge on any atom is 0.123 e. The van der Waals surface area contributed by atoms with Crippen LogP contribution in [0.2, 0.25) is 0 Å². The zero-order valence-corrected chi connectivity index (χ0v) is 10.2. The van der Waals surface area contributed by atoms with Gasteiger partial charge in [-0.15, -0.1) is 0 Å². The minimum Gasteiger partial charge on any atom is -0.490 e. The quantitative estimate of drug-likeness (QED) is 0.738. The van der Waals surface area contributed by atoms with Gasteiger partial charge in [-0.1, -0.05) is 13.8 Å². The predicted octanol–water partition coefficient (Wildman–Crippen LogP) is 3.66. The summed E-state index contributed by atoms with van der Waals surface area (Å²) < 4.78 is 5.77. The van der Waals surface area contributed by atoms with Gasteiger partial charge in [0.1, 0.15) is 5.75 Å². The average Bonchev–Trinajstić information content (AvgIpc) is 2.13. The molecule has 1 aliphatic rings. The van der Waals surface area contributed by atoms with E-state index in [0.717, 1.165) is 17.1 Å². The van der Waals surface area contributed by atoms with E-state index in [1.165, 1.54) is 19.3 Å². The molecule has 0 atom stereocenters. The highest BCUT2D eigenvalue weighted by atomic mass is 16.5. The molecule has 0 saturated heterocycles. The smallest absolute Gasteiger partial charge is 0.123 e. The summed E-state index contributed by atoms with van der Waals surface area (Å²) in [5.41, 5.74) is 2.07. The second-order valence-corrected chi connectivity index (χ2v) is 3.76. The Kier molecular flexibility index (Phi) is 4.60. The maximum atomic E-state index is 5.77. The van der Waals surface area contributed by atoms with Gasteiger partial charge in [-0.2, -0.15) is 0 Å². The highest BCUT2D eigenvalue weighted by Gasteiger charge is 2.19. The van der Waals surface area contributed by atoms with Gasteiger partial charge in [0, 0.05) is 23.5 Å². The summed E-state index contributed by atoms with van der Waals surface area (Å²) in [7, 11) is 0. The summed E-state index contributed by atoms with van der Waals surface area (Å²) >= 11 is 0. The Hall–Kier alpha value is -1.05. The van der Waals surface area contributed by atoms with E-state index >= 15 is 0 Å². The summed E-state index contributed by atoms with van der Waals surface area (Å²) in [5, 5.41) is 0. The van der Waals surface area contributed by atoms with Gasteiger partial charge >= 0.3 is 0 Å². The largest absolute Gasteiger partial charge is 0.490 e. The molecule has 1 aliphatic carbocycles. The van der Waals surface area contributed by atoms with Crippen molar-refractivity contribution in [3.05, 3.63) is 23.5 Å². The van der Waals surface area contributed by atoms with Crippen molar-refractivity contribution < 1.29 is 4.74 Å². The predicted molar refractivity (Wildman–Crippen MR) is 63.3 cm³/mol. The first-order chi connectivity index (χ1) is 7.24. The van der Waals surface area contributed by atoms with Gasteiger partial charge in [-0.05, 0) is 33.1 Å². The van der Waals surface area contributed by atoms with E-state index in [9.17, 15) is 0 Å². The van der Waals surface area contributed by atoms with E-state index in [2.05, 4.69) is 4.98 Å². The number of hydrogen-bond donors (Lipinski definition) is 0. The average molecular weight is 207 g/mol. The number of nitrogens with zero attached hydrogens (tertiary/aromatic N) is 1. The molecule has 0 N–H and O–H groups in total. The van der Waals surface area contributed by atoms with Crippen LogP contribution in [-0.4, -0.2) is 11.1 Å². The minimum atomic E-state index is 0.459. The van der Waals surface area contributed by atoms with Gasteiger partial charge in [0.25, 0.3) is 0 Å². The van der Waals surface area contributed by atoms with E-state index in [4.69, 9.17) is 4.74 Å². The Morgan fingerprint density at radius 2 is 1.67 bits per heavy atom. The van der Waals surface area contributed by atoms with Crippen LogP contribution in [0.25, 0.3) is 0 Å². The van der Waals surface area contributed by atoms with Gasteiger partial charge in [0.05, 0.1) is 6.10 Å². The standard InChI is InChI=1S/C11H15NO.C2H6/c1-8-6-11(7-9(2)12-8)13-10-4-3-5-10;1-2/h6-7,10H,3-5H2,1-2H3;1-2H3. The first-order valence-electron chi connectivity index (χ1n) is 5.86. The molecule has 0 aliphatic heterocycles. The molecule has 2 nitrogen and oxygen atoms in total. The van der Waals surface area contributed by atoms with E-state index in [0.29, 0.717) is 6.10 Å². The van der Waals surface area contributed by atoms with Gasteiger partial charge in [0.15, 0.2) is 0 Å². The molecule has 2 heteroatoms. The van der Waals surface area contributed by atoms with Crippen molar-refractivity contribution in [1.29, 1.82) is 0 Å². The molecule has 2 rings (SSSR count).